The van der Waals surface area contributed by atoms with Gasteiger partial charge in [-0.3, -0.25) is 4.79 Å². The molecule has 0 atom stereocenters. The zero-order valence-corrected chi connectivity index (χ0v) is 64.6. The van der Waals surface area contributed by atoms with Crippen LogP contribution in [0.5, 0.6) is 74.7 Å². The van der Waals surface area contributed by atoms with Gasteiger partial charge >= 0.3 is 41.6 Å². The summed E-state index contributed by atoms with van der Waals surface area (Å²) >= 11 is 0. The van der Waals surface area contributed by atoms with E-state index >= 15 is 0 Å². The first-order chi connectivity index (χ1) is 54.0. The number of aromatic carboxylic acids is 1. The van der Waals surface area contributed by atoms with E-state index in [2.05, 4.69) is 58.4 Å². The van der Waals surface area contributed by atoms with Crippen LogP contribution in [0.25, 0.3) is 11.0 Å². The number of phenolic OH excluding ortho intramolecular Hbond substituents is 6. The zero-order valence-electron chi connectivity index (χ0n) is 64.6. The van der Waals surface area contributed by atoms with E-state index in [0.29, 0.717) is 94.4 Å². The summed E-state index contributed by atoms with van der Waals surface area (Å²) in [6.07, 6.45) is 11.9. The molecule has 1 heterocycles. The fraction of sp³-hybridized carbons (Fsp3) is 0.244. The average molecular weight is 1570 g/mol. The molecule has 0 saturated carbocycles. The monoisotopic (exact) mass is 1570 g/mol. The molecule has 0 aliphatic heterocycles. The van der Waals surface area contributed by atoms with Crippen LogP contribution < -0.4 is 44.5 Å². The molecule has 0 aliphatic rings. The van der Waals surface area contributed by atoms with Crippen molar-refractivity contribution >= 4 is 46.8 Å². The van der Waals surface area contributed by atoms with Crippen molar-refractivity contribution in [3.8, 4) is 74.7 Å². The highest BCUT2D eigenvalue weighted by atomic mass is 16.7. The number of fused-ring (bicyclic) bond motifs is 1. The van der Waals surface area contributed by atoms with Gasteiger partial charge in [-0.25, -0.2) is 38.1 Å². The SMILES string of the molecule is C=CCOc1ccc(C(=O)OC)c(O)c1.C=CCc1c(O)ccc(C(=O)OC)c1O.C=CCc1c(OC)ccc(C(=O)O)c1OCOC.C=CCc1c(OC)ccc(C(=O)OC)c1O.C=CCc1c(OC)ccc(C(=O)OC)c1OCOC.C=CCc1c(OC)ccc2c(=O)n(C)c(=O)oc12.COC(=O)c1ccc(O)cc1O. The zero-order chi connectivity index (χ0) is 85.0. The smallest absolute Gasteiger partial charge is 0.422 e. The van der Waals surface area contributed by atoms with Crippen molar-refractivity contribution in [1.29, 1.82) is 0 Å². The van der Waals surface area contributed by atoms with E-state index in [-0.39, 0.29) is 105 Å². The highest BCUT2D eigenvalue weighted by Crippen LogP contribution is 2.37. The van der Waals surface area contributed by atoms with Gasteiger partial charge in [-0.15, -0.1) is 32.9 Å². The number of aromatic nitrogens is 1. The summed E-state index contributed by atoms with van der Waals surface area (Å²) in [5, 5.41) is 66.0. The van der Waals surface area contributed by atoms with Gasteiger partial charge in [0.25, 0.3) is 5.56 Å². The fourth-order valence-corrected chi connectivity index (χ4v) is 9.64. The lowest BCUT2D eigenvalue weighted by atomic mass is 10.0. The molecule has 7 aromatic carbocycles. The first-order valence-corrected chi connectivity index (χ1v) is 33.1. The minimum atomic E-state index is -1.06. The van der Waals surface area contributed by atoms with Crippen molar-refractivity contribution in [3.05, 3.63) is 255 Å². The Morgan fingerprint density at radius 2 is 0.761 bits per heavy atom. The van der Waals surface area contributed by atoms with Crippen LogP contribution in [0.2, 0.25) is 0 Å². The van der Waals surface area contributed by atoms with Crippen LogP contribution in [0, 0.1) is 0 Å². The molecule has 0 aliphatic carbocycles. The number of rotatable bonds is 29. The number of phenols is 6. The standard InChI is InChI=1S/C14H18O5.C13H13NO4.C13H16O5.C12H14O4.2C11H12O4.C8H8O4/c1-5-6-10-12(17-3)8-7-11(14(15)18-4)13(10)19-9-16-2;1-4-5-8-10(17-3)7-6-9-11(8)18-13(16)14(2)12(9)15;1-4-5-9-11(17-3)7-6-10(13(14)15)12(9)18-8-16-2;1-4-5-8-10(15-2)7-6-9(11(8)13)12(14)16-3;1-3-6-15-8-4-5-9(10(12)7-8)11(13)14-2;1-3-4-7-9(12)6-5-8(10(7)13)11(14)15-2;1-12-8(11)6-3-2-5(9)4-7(6)10/h5,7-8H,1,6,9H2,2-4H3;4,6-7H,1,5H2,2-3H3;4,6-7H,1,5,8H2,2-3H3,(H,14,15);4,6-7,13H,1,5H2,2-3H3;3-5,7,12H,1,6H2,2H3;3,5-6,12-13H,1,4H2,2H3;2-4,9-10H,1H3. The summed E-state index contributed by atoms with van der Waals surface area (Å²) in [5.41, 5.74) is 3.43. The largest absolute Gasteiger partial charge is 0.508 e. The lowest BCUT2D eigenvalue weighted by Gasteiger charge is -2.16. The molecule has 0 saturated heterocycles. The van der Waals surface area contributed by atoms with Crippen LogP contribution in [-0.2, 0) is 72.3 Å². The summed E-state index contributed by atoms with van der Waals surface area (Å²) in [6.45, 7) is 21.9. The van der Waals surface area contributed by atoms with Crippen LogP contribution in [-0.4, -0.2) is 175 Å². The Morgan fingerprint density at radius 3 is 1.19 bits per heavy atom. The van der Waals surface area contributed by atoms with Gasteiger partial charge in [0.05, 0.1) is 69.4 Å². The molecule has 8 rings (SSSR count). The Hall–Kier alpha value is -13.9. The van der Waals surface area contributed by atoms with Crippen LogP contribution in [0.1, 0.15) is 90.0 Å². The number of methoxy groups -OCH3 is 11. The van der Waals surface area contributed by atoms with Crippen LogP contribution >= 0.6 is 0 Å². The summed E-state index contributed by atoms with van der Waals surface area (Å²) in [4.78, 5) is 90.9. The molecule has 606 valence electrons. The second-order valence-corrected chi connectivity index (χ2v) is 22.0. The lowest BCUT2D eigenvalue weighted by Crippen LogP contribution is -2.29. The molecule has 7 N–H and O–H groups in total. The van der Waals surface area contributed by atoms with Gasteiger partial charge in [-0.05, 0) is 117 Å². The van der Waals surface area contributed by atoms with E-state index in [1.54, 1.807) is 80.0 Å². The quantitative estimate of drug-likeness (QED) is 0.00990. The number of aromatic hydroxyl groups is 6. The van der Waals surface area contributed by atoms with Crippen molar-refractivity contribution in [3.63, 3.8) is 0 Å². The highest BCUT2D eigenvalue weighted by molar-refractivity contribution is 5.96. The molecule has 0 radical (unpaired) electrons. The molecular formula is C82H93NO30. The Kier molecular flexibility index (Phi) is 42.0. The first kappa shape index (κ1) is 95.1. The number of allylic oxidation sites excluding steroid dienone is 5. The van der Waals surface area contributed by atoms with Crippen molar-refractivity contribution in [2.75, 3.05) is 98.4 Å². The normalized spacial score (nSPS) is 9.81. The van der Waals surface area contributed by atoms with Gasteiger partial charge in [0.1, 0.15) is 115 Å². The number of esters is 5. The summed E-state index contributed by atoms with van der Waals surface area (Å²) in [6, 6.07) is 23.4. The molecule has 31 nitrogen and oxygen atoms in total. The lowest BCUT2D eigenvalue weighted by molar-refractivity contribution is 0.0455. The third kappa shape index (κ3) is 27.3. The fourth-order valence-electron chi connectivity index (χ4n) is 9.64. The molecule has 0 spiro atoms. The number of carboxylic acid groups (broad SMARTS) is 1. The van der Waals surface area contributed by atoms with Crippen LogP contribution in [0.4, 0.5) is 0 Å². The molecular weight excluding hydrogens is 1480 g/mol. The molecule has 1 aromatic heterocycles. The van der Waals surface area contributed by atoms with Gasteiger partial charge in [-0.1, -0.05) is 43.0 Å². The Balaban J connectivity index is 0.000000449. The summed E-state index contributed by atoms with van der Waals surface area (Å²) in [7, 11) is 16.7. The number of nitrogens with zero attached hydrogens (tertiary/aromatic N) is 1. The highest BCUT2D eigenvalue weighted by Gasteiger charge is 2.24. The number of ether oxygens (including phenoxy) is 14. The Bertz CT molecular complexity index is 4740. The van der Waals surface area contributed by atoms with E-state index in [1.165, 1.54) is 133 Å². The van der Waals surface area contributed by atoms with Crippen molar-refractivity contribution in [1.82, 2.24) is 4.57 Å². The second kappa shape index (κ2) is 49.9. The van der Waals surface area contributed by atoms with Crippen LogP contribution in [0.15, 0.2) is 187 Å². The number of benzene rings is 7. The third-order valence-electron chi connectivity index (χ3n) is 15.0. The Labute approximate surface area is 651 Å². The van der Waals surface area contributed by atoms with Gasteiger partial charge in [0, 0.05) is 61.2 Å². The number of carbonyl (C=O) groups is 6. The van der Waals surface area contributed by atoms with Crippen molar-refractivity contribution in [2.45, 2.75) is 32.1 Å². The molecule has 8 aromatic rings. The van der Waals surface area contributed by atoms with E-state index in [1.807, 2.05) is 0 Å². The average Bonchev–Trinajstić information content (AvgIpc) is 0.762. The predicted molar refractivity (Wildman–Crippen MR) is 416 cm³/mol. The van der Waals surface area contributed by atoms with E-state index in [9.17, 15) is 58.8 Å². The molecule has 0 bridgehead atoms. The van der Waals surface area contributed by atoms with Gasteiger partial charge in [-0.2, -0.15) is 0 Å². The third-order valence-corrected chi connectivity index (χ3v) is 15.0. The number of carboxylic acids is 1. The van der Waals surface area contributed by atoms with E-state index in [0.717, 1.165) is 16.2 Å². The molecule has 113 heavy (non-hydrogen) atoms. The maximum Gasteiger partial charge on any atom is 0.422 e. The van der Waals surface area contributed by atoms with Gasteiger partial charge in [0.15, 0.2) is 19.2 Å². The van der Waals surface area contributed by atoms with E-state index in [4.69, 9.17) is 67.1 Å². The molecule has 31 heteroatoms. The first-order valence-electron chi connectivity index (χ1n) is 33.1. The topological polar surface area (TPSA) is 425 Å². The number of hydrogen-bond acceptors (Lipinski definition) is 29. The van der Waals surface area contributed by atoms with Crippen molar-refractivity contribution < 1.29 is 135 Å². The van der Waals surface area contributed by atoms with E-state index < -0.39 is 41.6 Å². The molecule has 0 fully saturated rings. The van der Waals surface area contributed by atoms with Crippen LogP contribution in [0.3, 0.4) is 0 Å². The maximum absolute atomic E-state index is 11.9. The Morgan fingerprint density at radius 1 is 0.398 bits per heavy atom. The molecule has 0 amide bonds. The van der Waals surface area contributed by atoms with Gasteiger partial charge in [0.2, 0.25) is 0 Å². The minimum absolute atomic E-state index is 0.0291. The number of carbonyl (C=O) groups excluding carboxylic acids is 5. The summed E-state index contributed by atoms with van der Waals surface area (Å²) in [5.74, 6) is -2.26. The second-order valence-electron chi connectivity index (χ2n) is 22.0. The summed E-state index contributed by atoms with van der Waals surface area (Å²) < 4.78 is 75.2. The predicted octanol–water partition coefficient (Wildman–Crippen LogP) is 11.7. The number of hydrogen-bond donors (Lipinski definition) is 7. The maximum atomic E-state index is 11.9. The minimum Gasteiger partial charge on any atom is -0.508 e. The van der Waals surface area contributed by atoms with Gasteiger partial charge < -0.3 is 106 Å². The molecule has 0 unspecified atom stereocenters. The van der Waals surface area contributed by atoms with Crippen molar-refractivity contribution in [2.24, 2.45) is 7.05 Å².